The first-order valence-electron chi connectivity index (χ1n) is 11.5. The highest BCUT2D eigenvalue weighted by Gasteiger charge is 2.60. The van der Waals surface area contributed by atoms with Gasteiger partial charge in [0.05, 0.1) is 19.3 Å². The second-order valence-electron chi connectivity index (χ2n) is 8.98. The molecule has 37 heavy (non-hydrogen) atoms. The lowest BCUT2D eigenvalue weighted by Crippen LogP contribution is -2.56. The summed E-state index contributed by atoms with van der Waals surface area (Å²) in [4.78, 5) is 25.5. The van der Waals surface area contributed by atoms with Crippen LogP contribution >= 0.6 is 19.4 Å². The van der Waals surface area contributed by atoms with Crippen LogP contribution in [0.1, 0.15) is 31.9 Å². The molecule has 0 saturated carbocycles. The number of esters is 1. The second kappa shape index (κ2) is 11.0. The zero-order chi connectivity index (χ0) is 27.0. The first-order chi connectivity index (χ1) is 17.4. The average molecular weight is 564 g/mol. The molecule has 0 aliphatic carbocycles. The van der Waals surface area contributed by atoms with Gasteiger partial charge in [-0.05, 0) is 37.6 Å². The molecule has 3 heterocycles. The van der Waals surface area contributed by atoms with E-state index in [0.717, 1.165) is 18.0 Å². The number of amides is 2. The van der Waals surface area contributed by atoms with E-state index in [-0.39, 0.29) is 6.61 Å². The van der Waals surface area contributed by atoms with Gasteiger partial charge in [-0.15, -0.1) is 0 Å². The molecule has 2 fully saturated rings. The van der Waals surface area contributed by atoms with Crippen LogP contribution in [-0.4, -0.2) is 71.6 Å². The number of hydrogen-bond acceptors (Lipinski definition) is 10. The lowest BCUT2D eigenvalue weighted by atomic mass is 9.97. The number of carbonyl (C=O) groups excluding carboxylic acids is 2. The number of phosphoric ester groups is 1. The van der Waals surface area contributed by atoms with E-state index >= 15 is 4.39 Å². The molecule has 1 aromatic carbocycles. The maximum atomic E-state index is 16.1. The number of nitrogens with two attached hydrogens (primary N) is 1. The van der Waals surface area contributed by atoms with Crippen LogP contribution in [0.15, 0.2) is 36.5 Å². The summed E-state index contributed by atoms with van der Waals surface area (Å²) < 4.78 is 56.7. The highest BCUT2D eigenvalue weighted by molar-refractivity contribution is 7.48. The molecule has 4 N–H and O–H groups in total. The Hall–Kier alpha value is -2.09. The standard InChI is InChI=1S/C22H28ClFN3O9P/c1-12(25)19(29)35-18-16(34-20(22(18,2)24)27-8-6-17(28)26-21(27)30)11-33-37(31)32-9-7-15(36-37)13-4-3-5-14(23)10-13/h3-6,8,10,12,15-18,20,28H,7,9,11,25H2,1-2H3,(H,26,30)/t12-,15-,16+,17?,18+,20+,22+,37+/m0/s1. The van der Waals surface area contributed by atoms with Crippen molar-refractivity contribution in [1.82, 2.24) is 10.2 Å². The van der Waals surface area contributed by atoms with Crippen LogP contribution < -0.4 is 11.1 Å². The van der Waals surface area contributed by atoms with Gasteiger partial charge < -0.3 is 25.6 Å². The van der Waals surface area contributed by atoms with Crippen molar-refractivity contribution in [3.05, 3.63) is 47.1 Å². The summed E-state index contributed by atoms with van der Waals surface area (Å²) >= 11 is 6.04. The van der Waals surface area contributed by atoms with Crippen LogP contribution in [0.25, 0.3) is 0 Å². The number of aliphatic hydroxyl groups is 1. The summed E-state index contributed by atoms with van der Waals surface area (Å²) in [5.41, 5.74) is 3.78. The number of aliphatic hydroxyl groups excluding tert-OH is 1. The molecule has 3 aliphatic rings. The van der Waals surface area contributed by atoms with Gasteiger partial charge in [-0.25, -0.2) is 13.8 Å². The first-order valence-corrected chi connectivity index (χ1v) is 13.3. The van der Waals surface area contributed by atoms with Gasteiger partial charge in [0.1, 0.15) is 18.4 Å². The molecule has 2 saturated heterocycles. The molecule has 204 valence electrons. The van der Waals surface area contributed by atoms with E-state index in [9.17, 15) is 19.3 Å². The van der Waals surface area contributed by atoms with Gasteiger partial charge in [0, 0.05) is 17.6 Å². The fourth-order valence-corrected chi connectivity index (χ4v) is 5.71. The summed E-state index contributed by atoms with van der Waals surface area (Å²) in [5, 5.41) is 12.3. The topological polar surface area (TPSA) is 159 Å². The first kappa shape index (κ1) is 27.9. The smallest absolute Gasteiger partial charge is 0.455 e. The second-order valence-corrected chi connectivity index (χ2v) is 11.0. The number of benzene rings is 1. The number of phosphoric acid groups is 1. The van der Waals surface area contributed by atoms with Crippen molar-refractivity contribution >= 4 is 31.4 Å². The zero-order valence-corrected chi connectivity index (χ0v) is 21.6. The summed E-state index contributed by atoms with van der Waals surface area (Å²) in [6.45, 7) is 1.91. The number of carbonyl (C=O) groups is 2. The van der Waals surface area contributed by atoms with Crippen LogP contribution in [0.2, 0.25) is 5.02 Å². The summed E-state index contributed by atoms with van der Waals surface area (Å²) in [6, 6.07) is 4.90. The number of urea groups is 1. The predicted octanol–water partition coefficient (Wildman–Crippen LogP) is 2.51. The van der Waals surface area contributed by atoms with Gasteiger partial charge in [0.15, 0.2) is 18.0 Å². The van der Waals surface area contributed by atoms with Crippen LogP contribution in [-0.2, 0) is 32.4 Å². The van der Waals surface area contributed by atoms with Gasteiger partial charge in [-0.3, -0.25) is 23.3 Å². The Bertz CT molecular complexity index is 1110. The molecule has 15 heteroatoms. The van der Waals surface area contributed by atoms with Crippen LogP contribution in [0.3, 0.4) is 0 Å². The Kier molecular flexibility index (Phi) is 8.27. The van der Waals surface area contributed by atoms with Gasteiger partial charge in [-0.1, -0.05) is 23.7 Å². The molecule has 0 spiro atoms. The highest BCUT2D eigenvalue weighted by Crippen LogP contribution is 2.57. The molecular formula is C22H28ClFN3O9P. The number of halogens is 2. The van der Waals surface area contributed by atoms with Gasteiger partial charge in [0.25, 0.3) is 0 Å². The Balaban J connectivity index is 1.52. The van der Waals surface area contributed by atoms with Gasteiger partial charge in [0.2, 0.25) is 0 Å². The van der Waals surface area contributed by atoms with E-state index in [1.54, 1.807) is 24.3 Å². The SMILES string of the molecule is C[C@H](N)C(=O)O[C@@H]1[C@@H](CO[P@@]2(=O)OCC[C@@H](c3cccc(Cl)c3)O2)O[C@@H](N2C=CC(O)NC2=O)[C@]1(C)F. The molecule has 2 amide bonds. The molecule has 3 aliphatic heterocycles. The third-order valence-corrected chi connectivity index (χ3v) is 7.70. The molecule has 1 unspecified atom stereocenters. The van der Waals surface area contributed by atoms with E-state index < -0.39 is 68.9 Å². The van der Waals surface area contributed by atoms with E-state index in [2.05, 4.69) is 5.32 Å². The molecule has 0 radical (unpaired) electrons. The summed E-state index contributed by atoms with van der Waals surface area (Å²) in [7, 11) is -4.15. The lowest BCUT2D eigenvalue weighted by Gasteiger charge is -2.35. The quantitative estimate of drug-likeness (QED) is 0.332. The van der Waals surface area contributed by atoms with Crippen molar-refractivity contribution < 1.29 is 46.7 Å². The minimum atomic E-state index is -4.15. The minimum absolute atomic E-state index is 0.0492. The normalized spacial score (nSPS) is 36.8. The van der Waals surface area contributed by atoms with Crippen molar-refractivity contribution in [3.8, 4) is 0 Å². The van der Waals surface area contributed by atoms with E-state index in [4.69, 9.17) is 40.4 Å². The minimum Gasteiger partial charge on any atom is -0.455 e. The van der Waals surface area contributed by atoms with Crippen molar-refractivity contribution in [2.24, 2.45) is 5.73 Å². The number of nitrogens with zero attached hydrogens (tertiary/aromatic N) is 1. The average Bonchev–Trinajstić information content (AvgIpc) is 3.07. The maximum absolute atomic E-state index is 16.1. The van der Waals surface area contributed by atoms with Crippen LogP contribution in [0, 0.1) is 0 Å². The number of hydrogen-bond donors (Lipinski definition) is 3. The maximum Gasteiger partial charge on any atom is 0.475 e. The number of alkyl halides is 1. The Morgan fingerprint density at radius 3 is 2.92 bits per heavy atom. The van der Waals surface area contributed by atoms with E-state index in [1.165, 1.54) is 13.0 Å². The van der Waals surface area contributed by atoms with E-state index in [1.807, 2.05) is 0 Å². The number of rotatable bonds is 7. The van der Waals surface area contributed by atoms with Gasteiger partial charge >= 0.3 is 19.8 Å². The number of ether oxygens (including phenoxy) is 2. The highest BCUT2D eigenvalue weighted by atomic mass is 35.5. The number of nitrogens with one attached hydrogen (secondary N) is 1. The molecule has 0 aromatic heterocycles. The molecule has 8 atom stereocenters. The largest absolute Gasteiger partial charge is 0.475 e. The third-order valence-electron chi connectivity index (χ3n) is 5.99. The summed E-state index contributed by atoms with van der Waals surface area (Å²) in [6.07, 6.45) is -3.71. The zero-order valence-electron chi connectivity index (χ0n) is 20.0. The molecule has 1 aromatic rings. The monoisotopic (exact) mass is 563 g/mol. The fourth-order valence-electron chi connectivity index (χ4n) is 4.11. The van der Waals surface area contributed by atoms with Crippen molar-refractivity contribution in [2.75, 3.05) is 13.2 Å². The van der Waals surface area contributed by atoms with E-state index in [0.29, 0.717) is 17.0 Å². The lowest BCUT2D eigenvalue weighted by molar-refractivity contribution is -0.159. The Morgan fingerprint density at radius 1 is 1.49 bits per heavy atom. The fraction of sp³-hybridized carbons (Fsp3) is 0.545. The van der Waals surface area contributed by atoms with Crippen molar-refractivity contribution in [2.45, 2.75) is 62.7 Å². The molecule has 4 rings (SSSR count). The summed E-state index contributed by atoms with van der Waals surface area (Å²) in [5.74, 6) is -0.921. The predicted molar refractivity (Wildman–Crippen MR) is 127 cm³/mol. The van der Waals surface area contributed by atoms with Gasteiger partial charge in [-0.2, -0.15) is 0 Å². The van der Waals surface area contributed by atoms with Crippen LogP contribution in [0.5, 0.6) is 0 Å². The third kappa shape index (κ3) is 6.15. The molecular weight excluding hydrogens is 536 g/mol. The molecule has 0 bridgehead atoms. The van der Waals surface area contributed by atoms with Crippen LogP contribution in [0.4, 0.5) is 9.18 Å². The molecule has 12 nitrogen and oxygen atoms in total. The Labute approximate surface area is 217 Å². The van der Waals surface area contributed by atoms with Crippen molar-refractivity contribution in [3.63, 3.8) is 0 Å². The van der Waals surface area contributed by atoms with Crippen molar-refractivity contribution in [1.29, 1.82) is 0 Å². The Morgan fingerprint density at radius 2 is 2.24 bits per heavy atom.